The standard InChI is InChI=1S/C19H24N2OS/c1-2-16-9-10-17(23-16)14-21-12-6-11-20-19(22)18(21)13-15-7-4-3-5-8-15/h3-5,7-10,18H,2,6,11-14H2,1H3,(H,20,22). The molecule has 0 radical (unpaired) electrons. The third kappa shape index (κ3) is 4.21. The van der Waals surface area contributed by atoms with Crippen LogP contribution in [-0.4, -0.2) is 29.9 Å². The van der Waals surface area contributed by atoms with Crippen molar-refractivity contribution in [2.24, 2.45) is 0 Å². The van der Waals surface area contributed by atoms with E-state index in [1.165, 1.54) is 15.3 Å². The molecule has 1 unspecified atom stereocenters. The lowest BCUT2D eigenvalue weighted by Crippen LogP contribution is -2.45. The van der Waals surface area contributed by atoms with E-state index < -0.39 is 0 Å². The van der Waals surface area contributed by atoms with Gasteiger partial charge in [0.15, 0.2) is 0 Å². The molecular formula is C19H24N2OS. The van der Waals surface area contributed by atoms with Crippen LogP contribution >= 0.6 is 11.3 Å². The van der Waals surface area contributed by atoms with Crippen LogP contribution in [0.4, 0.5) is 0 Å². The molecule has 3 rings (SSSR count). The van der Waals surface area contributed by atoms with E-state index in [0.29, 0.717) is 0 Å². The average Bonchev–Trinajstić information content (AvgIpc) is 2.97. The zero-order chi connectivity index (χ0) is 16.1. The molecule has 1 aromatic carbocycles. The Morgan fingerprint density at radius 1 is 1.17 bits per heavy atom. The molecule has 0 aliphatic carbocycles. The van der Waals surface area contributed by atoms with Gasteiger partial charge in [-0.2, -0.15) is 0 Å². The monoisotopic (exact) mass is 328 g/mol. The number of benzene rings is 1. The first-order chi connectivity index (χ1) is 11.3. The molecule has 1 aromatic heterocycles. The summed E-state index contributed by atoms with van der Waals surface area (Å²) in [6.45, 7) is 4.81. The maximum Gasteiger partial charge on any atom is 0.237 e. The zero-order valence-electron chi connectivity index (χ0n) is 13.6. The molecule has 1 aliphatic rings. The van der Waals surface area contributed by atoms with Gasteiger partial charge in [-0.25, -0.2) is 0 Å². The van der Waals surface area contributed by atoms with Gasteiger partial charge in [-0.1, -0.05) is 37.3 Å². The van der Waals surface area contributed by atoms with Crippen molar-refractivity contribution in [2.75, 3.05) is 13.1 Å². The Balaban J connectivity index is 1.77. The van der Waals surface area contributed by atoms with Crippen LogP contribution in [0.1, 0.15) is 28.7 Å². The first-order valence-corrected chi connectivity index (χ1v) is 9.21. The molecule has 23 heavy (non-hydrogen) atoms. The van der Waals surface area contributed by atoms with E-state index in [0.717, 1.165) is 38.9 Å². The molecule has 1 saturated heterocycles. The summed E-state index contributed by atoms with van der Waals surface area (Å²) in [6.07, 6.45) is 2.88. The molecule has 2 aromatic rings. The van der Waals surface area contributed by atoms with Crippen molar-refractivity contribution in [3.63, 3.8) is 0 Å². The number of hydrogen-bond acceptors (Lipinski definition) is 3. The SMILES string of the molecule is CCc1ccc(CN2CCCNC(=O)C2Cc2ccccc2)s1. The summed E-state index contributed by atoms with van der Waals surface area (Å²) in [5.41, 5.74) is 1.22. The van der Waals surface area contributed by atoms with E-state index in [1.807, 2.05) is 29.5 Å². The summed E-state index contributed by atoms with van der Waals surface area (Å²) in [5, 5.41) is 3.07. The van der Waals surface area contributed by atoms with Gasteiger partial charge in [-0.05, 0) is 37.0 Å². The van der Waals surface area contributed by atoms with Crippen LogP contribution in [0.2, 0.25) is 0 Å². The Hall–Kier alpha value is -1.65. The molecule has 0 saturated carbocycles. The molecular weight excluding hydrogens is 304 g/mol. The van der Waals surface area contributed by atoms with Crippen molar-refractivity contribution in [2.45, 2.75) is 38.8 Å². The number of nitrogens with zero attached hydrogens (tertiary/aromatic N) is 1. The Labute approximate surface area is 142 Å². The van der Waals surface area contributed by atoms with Crippen molar-refractivity contribution in [3.8, 4) is 0 Å². The van der Waals surface area contributed by atoms with Crippen LogP contribution in [0.3, 0.4) is 0 Å². The quantitative estimate of drug-likeness (QED) is 0.914. The number of nitrogens with one attached hydrogen (secondary N) is 1. The fraction of sp³-hybridized carbons (Fsp3) is 0.421. The third-order valence-electron chi connectivity index (χ3n) is 4.36. The summed E-state index contributed by atoms with van der Waals surface area (Å²) in [6, 6.07) is 14.7. The number of thiophene rings is 1. The lowest BCUT2D eigenvalue weighted by molar-refractivity contribution is -0.125. The van der Waals surface area contributed by atoms with Gasteiger partial charge in [0.05, 0.1) is 6.04 Å². The first-order valence-electron chi connectivity index (χ1n) is 8.39. The second-order valence-corrected chi connectivity index (χ2v) is 7.30. The molecule has 0 bridgehead atoms. The van der Waals surface area contributed by atoms with Gasteiger partial charge in [-0.3, -0.25) is 9.69 Å². The summed E-state index contributed by atoms with van der Waals surface area (Å²) in [5.74, 6) is 0.165. The van der Waals surface area contributed by atoms with Crippen LogP contribution in [0, 0.1) is 0 Å². The highest BCUT2D eigenvalue weighted by Gasteiger charge is 2.28. The number of hydrogen-bond donors (Lipinski definition) is 1. The molecule has 1 atom stereocenters. The van der Waals surface area contributed by atoms with Crippen molar-refractivity contribution in [1.82, 2.24) is 10.2 Å². The lowest BCUT2D eigenvalue weighted by Gasteiger charge is -2.28. The second-order valence-electron chi connectivity index (χ2n) is 6.04. The van der Waals surface area contributed by atoms with E-state index in [-0.39, 0.29) is 11.9 Å². The molecule has 2 heterocycles. The molecule has 1 amide bonds. The van der Waals surface area contributed by atoms with Crippen LogP contribution in [-0.2, 0) is 24.2 Å². The minimum atomic E-state index is -0.0768. The van der Waals surface area contributed by atoms with Crippen molar-refractivity contribution in [1.29, 1.82) is 0 Å². The van der Waals surface area contributed by atoms with Crippen molar-refractivity contribution >= 4 is 17.2 Å². The van der Waals surface area contributed by atoms with E-state index in [2.05, 4.69) is 41.4 Å². The largest absolute Gasteiger partial charge is 0.355 e. The number of carbonyl (C=O) groups is 1. The Morgan fingerprint density at radius 3 is 2.70 bits per heavy atom. The number of amides is 1. The maximum absolute atomic E-state index is 12.5. The Bertz CT molecular complexity index is 638. The van der Waals surface area contributed by atoms with Gasteiger partial charge in [-0.15, -0.1) is 11.3 Å². The minimum absolute atomic E-state index is 0.0768. The van der Waals surface area contributed by atoms with Gasteiger partial charge in [0.2, 0.25) is 5.91 Å². The van der Waals surface area contributed by atoms with Crippen LogP contribution in [0.25, 0.3) is 0 Å². The molecule has 3 nitrogen and oxygen atoms in total. The number of rotatable bonds is 5. The lowest BCUT2D eigenvalue weighted by atomic mass is 10.0. The van der Waals surface area contributed by atoms with Crippen LogP contribution in [0.5, 0.6) is 0 Å². The van der Waals surface area contributed by atoms with Gasteiger partial charge >= 0.3 is 0 Å². The van der Waals surface area contributed by atoms with E-state index in [1.54, 1.807) is 0 Å². The van der Waals surface area contributed by atoms with Gasteiger partial charge < -0.3 is 5.32 Å². The predicted molar refractivity (Wildman–Crippen MR) is 95.7 cm³/mol. The van der Waals surface area contributed by atoms with Crippen LogP contribution in [0.15, 0.2) is 42.5 Å². The number of aryl methyl sites for hydroxylation is 1. The third-order valence-corrected chi connectivity index (χ3v) is 5.58. The van der Waals surface area contributed by atoms with Crippen molar-refractivity contribution in [3.05, 3.63) is 57.8 Å². The zero-order valence-corrected chi connectivity index (χ0v) is 14.4. The predicted octanol–water partition coefficient (Wildman–Crippen LogP) is 3.24. The van der Waals surface area contributed by atoms with Gasteiger partial charge in [0, 0.05) is 29.4 Å². The highest BCUT2D eigenvalue weighted by atomic mass is 32.1. The fourth-order valence-electron chi connectivity index (χ4n) is 3.08. The minimum Gasteiger partial charge on any atom is -0.355 e. The Kier molecular flexibility index (Phi) is 5.47. The second kappa shape index (κ2) is 7.75. The summed E-state index contributed by atoms with van der Waals surface area (Å²) in [4.78, 5) is 17.7. The highest BCUT2D eigenvalue weighted by Crippen LogP contribution is 2.22. The summed E-state index contributed by atoms with van der Waals surface area (Å²) < 4.78 is 0. The average molecular weight is 328 g/mol. The molecule has 1 fully saturated rings. The molecule has 4 heteroatoms. The molecule has 1 N–H and O–H groups in total. The molecule has 0 spiro atoms. The topological polar surface area (TPSA) is 32.3 Å². The van der Waals surface area contributed by atoms with E-state index >= 15 is 0 Å². The van der Waals surface area contributed by atoms with Crippen molar-refractivity contribution < 1.29 is 4.79 Å². The first kappa shape index (κ1) is 16.2. The number of carbonyl (C=O) groups excluding carboxylic acids is 1. The van der Waals surface area contributed by atoms with Gasteiger partial charge in [0.25, 0.3) is 0 Å². The van der Waals surface area contributed by atoms with Crippen LogP contribution < -0.4 is 5.32 Å². The summed E-state index contributed by atoms with van der Waals surface area (Å²) >= 11 is 1.87. The smallest absolute Gasteiger partial charge is 0.237 e. The molecule has 122 valence electrons. The maximum atomic E-state index is 12.5. The Morgan fingerprint density at radius 2 is 1.96 bits per heavy atom. The summed E-state index contributed by atoms with van der Waals surface area (Å²) in [7, 11) is 0. The van der Waals surface area contributed by atoms with Gasteiger partial charge in [0.1, 0.15) is 0 Å². The normalized spacial score (nSPS) is 19.3. The van der Waals surface area contributed by atoms with E-state index in [9.17, 15) is 4.79 Å². The highest BCUT2D eigenvalue weighted by molar-refractivity contribution is 7.11. The fourth-order valence-corrected chi connectivity index (χ4v) is 4.06. The van der Waals surface area contributed by atoms with E-state index in [4.69, 9.17) is 0 Å². The molecule has 1 aliphatic heterocycles.